The van der Waals surface area contributed by atoms with Gasteiger partial charge in [-0.2, -0.15) is 0 Å². The monoisotopic (exact) mass is 384 g/mol. The molecule has 0 aliphatic carbocycles. The minimum Gasteiger partial charge on any atom is -0.444 e. The number of rotatable bonds is 3. The van der Waals surface area contributed by atoms with Crippen LogP contribution in [0.3, 0.4) is 0 Å². The maximum atomic E-state index is 12.8. The Labute approximate surface area is 153 Å². The van der Waals surface area contributed by atoms with Gasteiger partial charge in [0.2, 0.25) is 0 Å². The lowest BCUT2D eigenvalue weighted by atomic mass is 10.1. The van der Waals surface area contributed by atoms with E-state index in [1.54, 1.807) is 20.8 Å². The van der Waals surface area contributed by atoms with Crippen molar-refractivity contribution < 1.29 is 22.9 Å². The van der Waals surface area contributed by atoms with Crippen LogP contribution in [-0.4, -0.2) is 48.3 Å². The molecule has 0 radical (unpaired) electrons. The largest absolute Gasteiger partial charge is 0.444 e. The van der Waals surface area contributed by atoms with Gasteiger partial charge in [-0.3, -0.25) is 10.1 Å². The first-order valence-electron chi connectivity index (χ1n) is 8.38. The second-order valence-corrected chi connectivity index (χ2v) is 9.65. The Kier molecular flexibility index (Phi) is 5.60. The maximum Gasteiger partial charge on any atom is 0.410 e. The lowest BCUT2D eigenvalue weighted by molar-refractivity contribution is -0.385. The summed E-state index contributed by atoms with van der Waals surface area (Å²) in [5, 5.41) is 10.3. The smallest absolute Gasteiger partial charge is 0.410 e. The zero-order chi connectivity index (χ0) is 19.7. The number of nitrogens with zero attached hydrogens (tertiary/aromatic N) is 2. The third-order valence-corrected chi connectivity index (χ3v) is 6.49. The molecule has 1 heterocycles. The quantitative estimate of drug-likeness (QED) is 0.585. The van der Waals surface area contributed by atoms with Crippen LogP contribution in [-0.2, 0) is 14.6 Å². The number of carbonyl (C=O) groups is 1. The van der Waals surface area contributed by atoms with Crippen LogP contribution in [0.1, 0.15) is 39.2 Å². The van der Waals surface area contributed by atoms with E-state index in [2.05, 4.69) is 0 Å². The van der Waals surface area contributed by atoms with Crippen molar-refractivity contribution in [3.8, 4) is 0 Å². The first kappa shape index (κ1) is 20.2. The number of carbonyl (C=O) groups excluding carboxylic acids is 1. The molecule has 1 aromatic carbocycles. The van der Waals surface area contributed by atoms with E-state index in [1.165, 1.54) is 30.0 Å². The molecule has 0 atom stereocenters. The number of amides is 1. The van der Waals surface area contributed by atoms with Gasteiger partial charge in [-0.15, -0.1) is 0 Å². The summed E-state index contributed by atoms with van der Waals surface area (Å²) >= 11 is 0. The number of nitro benzene ring substituents is 1. The highest BCUT2D eigenvalue weighted by Gasteiger charge is 2.34. The van der Waals surface area contributed by atoms with Gasteiger partial charge >= 0.3 is 6.09 Å². The molecule has 0 saturated carbocycles. The third kappa shape index (κ3) is 4.51. The molecular formula is C17H24N2O6S. The number of sulfone groups is 1. The highest BCUT2D eigenvalue weighted by Crippen LogP contribution is 2.28. The van der Waals surface area contributed by atoms with Gasteiger partial charge in [0.15, 0.2) is 9.84 Å². The minimum absolute atomic E-state index is 0.0799. The zero-order valence-electron chi connectivity index (χ0n) is 15.4. The van der Waals surface area contributed by atoms with E-state index in [0.717, 1.165) is 0 Å². The van der Waals surface area contributed by atoms with E-state index >= 15 is 0 Å². The lowest BCUT2D eigenvalue weighted by Crippen LogP contribution is -2.44. The molecule has 0 unspecified atom stereocenters. The van der Waals surface area contributed by atoms with Gasteiger partial charge in [0.1, 0.15) is 5.60 Å². The fourth-order valence-electron chi connectivity index (χ4n) is 2.88. The topological polar surface area (TPSA) is 107 Å². The Balaban J connectivity index is 2.09. The van der Waals surface area contributed by atoms with Gasteiger partial charge in [0.25, 0.3) is 5.69 Å². The third-order valence-electron chi connectivity index (χ3n) is 4.23. The fraction of sp³-hybridized carbons (Fsp3) is 0.588. The first-order chi connectivity index (χ1) is 11.9. The summed E-state index contributed by atoms with van der Waals surface area (Å²) in [6.07, 6.45) is 0.161. The van der Waals surface area contributed by atoms with Crippen molar-refractivity contribution in [3.63, 3.8) is 0 Å². The molecule has 1 saturated heterocycles. The van der Waals surface area contributed by atoms with Gasteiger partial charge < -0.3 is 9.64 Å². The summed E-state index contributed by atoms with van der Waals surface area (Å²) in [5.41, 5.74) is -0.401. The Bertz CT molecular complexity index is 805. The number of ether oxygens (including phenoxy) is 1. The zero-order valence-corrected chi connectivity index (χ0v) is 16.2. The first-order valence-corrected chi connectivity index (χ1v) is 9.93. The van der Waals surface area contributed by atoms with Gasteiger partial charge in [-0.1, -0.05) is 0 Å². The van der Waals surface area contributed by atoms with Crippen molar-refractivity contribution in [2.24, 2.45) is 0 Å². The molecule has 2 rings (SSSR count). The van der Waals surface area contributed by atoms with Crippen LogP contribution >= 0.6 is 0 Å². The van der Waals surface area contributed by atoms with Crippen LogP contribution in [0, 0.1) is 17.0 Å². The molecule has 0 N–H and O–H groups in total. The second-order valence-electron chi connectivity index (χ2n) is 7.42. The molecular weight excluding hydrogens is 360 g/mol. The van der Waals surface area contributed by atoms with Crippen molar-refractivity contribution in [1.82, 2.24) is 4.90 Å². The molecule has 1 amide bonds. The highest BCUT2D eigenvalue weighted by molar-refractivity contribution is 7.92. The molecule has 0 aromatic heterocycles. The number of nitro groups is 1. The van der Waals surface area contributed by atoms with Crippen LogP contribution in [0.5, 0.6) is 0 Å². The van der Waals surface area contributed by atoms with Crippen molar-refractivity contribution >= 4 is 21.6 Å². The summed E-state index contributed by atoms with van der Waals surface area (Å²) in [7, 11) is -3.61. The molecule has 9 heteroatoms. The van der Waals surface area contributed by atoms with E-state index in [4.69, 9.17) is 4.74 Å². The van der Waals surface area contributed by atoms with Crippen LogP contribution in [0.4, 0.5) is 10.5 Å². The predicted molar refractivity (Wildman–Crippen MR) is 95.8 cm³/mol. The number of hydrogen-bond donors (Lipinski definition) is 0. The Morgan fingerprint density at radius 1 is 1.27 bits per heavy atom. The number of piperidine rings is 1. The van der Waals surface area contributed by atoms with Crippen molar-refractivity contribution in [1.29, 1.82) is 0 Å². The van der Waals surface area contributed by atoms with E-state index in [1.807, 2.05) is 0 Å². The van der Waals surface area contributed by atoms with E-state index in [9.17, 15) is 23.3 Å². The standard InChI is InChI=1S/C17H24N2O6S/c1-12-11-14(5-6-15(12)19(21)22)26(23,24)13-7-9-18(10-8-13)16(20)25-17(2,3)4/h5-6,11,13H,7-10H2,1-4H3. The van der Waals surface area contributed by atoms with Crippen LogP contribution in [0.2, 0.25) is 0 Å². The van der Waals surface area contributed by atoms with Crippen molar-refractivity contribution in [2.45, 2.75) is 56.3 Å². The minimum atomic E-state index is -3.61. The summed E-state index contributed by atoms with van der Waals surface area (Å²) in [6.45, 7) is 7.44. The summed E-state index contributed by atoms with van der Waals surface area (Å²) in [5.74, 6) is 0. The normalized spacial score (nSPS) is 16.4. The summed E-state index contributed by atoms with van der Waals surface area (Å²) in [6, 6.07) is 3.84. The number of hydrogen-bond acceptors (Lipinski definition) is 6. The van der Waals surface area contributed by atoms with E-state index in [-0.39, 0.29) is 10.6 Å². The van der Waals surface area contributed by atoms with E-state index < -0.39 is 31.7 Å². The molecule has 0 bridgehead atoms. The van der Waals surface area contributed by atoms with Gasteiger partial charge in [-0.25, -0.2) is 13.2 Å². The molecule has 1 aromatic rings. The van der Waals surface area contributed by atoms with Gasteiger partial charge in [0.05, 0.1) is 15.1 Å². The van der Waals surface area contributed by atoms with Gasteiger partial charge in [-0.05, 0) is 52.7 Å². The van der Waals surface area contributed by atoms with Crippen LogP contribution < -0.4 is 0 Å². The Hall–Kier alpha value is -2.16. The molecule has 1 aliphatic rings. The van der Waals surface area contributed by atoms with Crippen molar-refractivity contribution in [2.75, 3.05) is 13.1 Å². The van der Waals surface area contributed by atoms with Gasteiger partial charge in [0, 0.05) is 24.7 Å². The SMILES string of the molecule is Cc1cc(S(=O)(=O)C2CCN(C(=O)OC(C)(C)C)CC2)ccc1[N+](=O)[O-]. The molecule has 144 valence electrons. The molecule has 26 heavy (non-hydrogen) atoms. The number of likely N-dealkylation sites (tertiary alicyclic amines) is 1. The second kappa shape index (κ2) is 7.22. The highest BCUT2D eigenvalue weighted by atomic mass is 32.2. The summed E-state index contributed by atoms with van der Waals surface area (Å²) in [4.78, 5) is 24.0. The van der Waals surface area contributed by atoms with Crippen LogP contribution in [0.15, 0.2) is 23.1 Å². The molecule has 1 aliphatic heterocycles. The fourth-order valence-corrected chi connectivity index (χ4v) is 4.69. The molecule has 0 spiro atoms. The maximum absolute atomic E-state index is 12.8. The lowest BCUT2D eigenvalue weighted by Gasteiger charge is -2.33. The predicted octanol–water partition coefficient (Wildman–Crippen LogP) is 3.08. The average molecular weight is 384 g/mol. The molecule has 8 nitrogen and oxygen atoms in total. The summed E-state index contributed by atoms with van der Waals surface area (Å²) < 4.78 is 31.0. The molecule has 1 fully saturated rings. The Morgan fingerprint density at radius 3 is 2.31 bits per heavy atom. The average Bonchev–Trinajstić information content (AvgIpc) is 2.53. The van der Waals surface area contributed by atoms with E-state index in [0.29, 0.717) is 31.5 Å². The van der Waals surface area contributed by atoms with Crippen LogP contribution in [0.25, 0.3) is 0 Å². The number of aryl methyl sites for hydroxylation is 1. The van der Waals surface area contributed by atoms with Crippen molar-refractivity contribution in [3.05, 3.63) is 33.9 Å². The Morgan fingerprint density at radius 2 is 1.85 bits per heavy atom. The number of benzene rings is 1.